The van der Waals surface area contributed by atoms with Gasteiger partial charge in [0.15, 0.2) is 0 Å². The van der Waals surface area contributed by atoms with Crippen LogP contribution in [0.3, 0.4) is 0 Å². The van der Waals surface area contributed by atoms with Crippen LogP contribution in [0.15, 0.2) is 0 Å². The summed E-state index contributed by atoms with van der Waals surface area (Å²) in [5, 5.41) is 8.71. The van der Waals surface area contributed by atoms with E-state index in [4.69, 9.17) is 5.11 Å². The van der Waals surface area contributed by atoms with E-state index in [1.165, 1.54) is 0 Å². The summed E-state index contributed by atoms with van der Waals surface area (Å²) < 4.78 is 0. The zero-order valence-corrected chi connectivity index (χ0v) is 11.5. The molecule has 0 aromatic heterocycles. The SMILES string of the molecule is O=C1C2CCCCN2C(=O)CN1CCCCCCO. The van der Waals surface area contributed by atoms with Crippen molar-refractivity contribution in [2.75, 3.05) is 26.2 Å². The molecule has 2 rings (SSSR count). The van der Waals surface area contributed by atoms with Gasteiger partial charge in [-0.1, -0.05) is 12.8 Å². The molecule has 0 radical (unpaired) electrons. The molecule has 2 aliphatic heterocycles. The van der Waals surface area contributed by atoms with Gasteiger partial charge < -0.3 is 14.9 Å². The normalized spacial score (nSPS) is 23.7. The van der Waals surface area contributed by atoms with E-state index in [1.54, 1.807) is 9.80 Å². The summed E-state index contributed by atoms with van der Waals surface area (Å²) in [6.07, 6.45) is 6.64. The lowest BCUT2D eigenvalue weighted by Gasteiger charge is -2.42. The number of fused-ring (bicyclic) bond motifs is 1. The van der Waals surface area contributed by atoms with Gasteiger partial charge >= 0.3 is 0 Å². The fraction of sp³-hybridized carbons (Fsp3) is 0.857. The summed E-state index contributed by atoms with van der Waals surface area (Å²) in [5.74, 6) is 0.251. The first-order chi connectivity index (χ1) is 9.24. The maximum atomic E-state index is 12.3. The first-order valence-corrected chi connectivity index (χ1v) is 7.43. The number of nitrogens with zero attached hydrogens (tertiary/aromatic N) is 2. The van der Waals surface area contributed by atoms with Crippen molar-refractivity contribution in [2.24, 2.45) is 0 Å². The number of piperazine rings is 1. The van der Waals surface area contributed by atoms with Crippen molar-refractivity contribution in [1.82, 2.24) is 9.80 Å². The van der Waals surface area contributed by atoms with Crippen molar-refractivity contribution in [3.05, 3.63) is 0 Å². The van der Waals surface area contributed by atoms with Crippen LogP contribution in [-0.4, -0.2) is 59.0 Å². The molecule has 0 saturated carbocycles. The van der Waals surface area contributed by atoms with E-state index >= 15 is 0 Å². The van der Waals surface area contributed by atoms with E-state index in [0.29, 0.717) is 6.54 Å². The number of hydrogen-bond acceptors (Lipinski definition) is 3. The van der Waals surface area contributed by atoms with E-state index in [9.17, 15) is 9.59 Å². The number of rotatable bonds is 6. The third-order valence-corrected chi connectivity index (χ3v) is 4.08. The summed E-state index contributed by atoms with van der Waals surface area (Å²) >= 11 is 0. The molecule has 2 amide bonds. The molecule has 0 aromatic rings. The summed E-state index contributed by atoms with van der Waals surface area (Å²) in [5.41, 5.74) is 0. The third-order valence-electron chi connectivity index (χ3n) is 4.08. The Morgan fingerprint density at radius 1 is 1.11 bits per heavy atom. The van der Waals surface area contributed by atoms with Gasteiger partial charge in [-0.2, -0.15) is 0 Å². The molecule has 2 fully saturated rings. The standard InChI is InChI=1S/C14H24N2O3/c17-10-6-2-1-4-8-15-11-13(18)16-9-5-3-7-12(16)14(15)19/h12,17H,1-11H2. The van der Waals surface area contributed by atoms with Crippen LogP contribution in [0.1, 0.15) is 44.9 Å². The molecule has 0 aromatic carbocycles. The highest BCUT2D eigenvalue weighted by atomic mass is 16.3. The zero-order valence-electron chi connectivity index (χ0n) is 11.5. The van der Waals surface area contributed by atoms with Crippen LogP contribution in [0.5, 0.6) is 0 Å². The largest absolute Gasteiger partial charge is 0.396 e. The van der Waals surface area contributed by atoms with E-state index in [0.717, 1.165) is 51.5 Å². The number of amides is 2. The van der Waals surface area contributed by atoms with Gasteiger partial charge in [0, 0.05) is 19.7 Å². The Kier molecular flexibility index (Phi) is 5.19. The maximum Gasteiger partial charge on any atom is 0.245 e. The molecule has 5 heteroatoms. The molecular weight excluding hydrogens is 244 g/mol. The average molecular weight is 268 g/mol. The first-order valence-electron chi connectivity index (χ1n) is 7.43. The zero-order chi connectivity index (χ0) is 13.7. The fourth-order valence-electron chi connectivity index (χ4n) is 2.99. The molecule has 0 aliphatic carbocycles. The minimum Gasteiger partial charge on any atom is -0.396 e. The molecule has 1 N–H and O–H groups in total. The number of aliphatic hydroxyl groups is 1. The number of unbranched alkanes of at least 4 members (excludes halogenated alkanes) is 3. The van der Waals surface area contributed by atoms with E-state index < -0.39 is 0 Å². The Morgan fingerprint density at radius 3 is 2.68 bits per heavy atom. The molecule has 0 bridgehead atoms. The average Bonchev–Trinajstić information content (AvgIpc) is 2.44. The second-order valence-corrected chi connectivity index (χ2v) is 5.50. The Hall–Kier alpha value is -1.10. The van der Waals surface area contributed by atoms with E-state index in [2.05, 4.69) is 0 Å². The second-order valence-electron chi connectivity index (χ2n) is 5.50. The van der Waals surface area contributed by atoms with Gasteiger partial charge in [0.25, 0.3) is 0 Å². The van der Waals surface area contributed by atoms with Crippen LogP contribution in [0, 0.1) is 0 Å². The summed E-state index contributed by atoms with van der Waals surface area (Å²) in [4.78, 5) is 27.8. The second kappa shape index (κ2) is 6.89. The highest BCUT2D eigenvalue weighted by Crippen LogP contribution is 2.23. The van der Waals surface area contributed by atoms with Gasteiger partial charge in [0.1, 0.15) is 6.04 Å². The van der Waals surface area contributed by atoms with Crippen molar-refractivity contribution in [1.29, 1.82) is 0 Å². The molecular formula is C14H24N2O3. The van der Waals surface area contributed by atoms with Crippen LogP contribution in [0.25, 0.3) is 0 Å². The number of carbonyl (C=O) groups excluding carboxylic acids is 2. The Labute approximate surface area is 114 Å². The Bertz CT molecular complexity index is 333. The van der Waals surface area contributed by atoms with Gasteiger partial charge in [0.05, 0.1) is 6.54 Å². The van der Waals surface area contributed by atoms with Crippen LogP contribution < -0.4 is 0 Å². The number of hydrogen-bond donors (Lipinski definition) is 1. The van der Waals surface area contributed by atoms with Crippen LogP contribution in [-0.2, 0) is 9.59 Å². The van der Waals surface area contributed by atoms with Gasteiger partial charge in [-0.25, -0.2) is 0 Å². The van der Waals surface area contributed by atoms with Gasteiger partial charge in [0.2, 0.25) is 11.8 Å². The monoisotopic (exact) mass is 268 g/mol. The molecule has 1 atom stereocenters. The van der Waals surface area contributed by atoms with Crippen molar-refractivity contribution in [3.63, 3.8) is 0 Å². The Morgan fingerprint density at radius 2 is 1.89 bits per heavy atom. The predicted molar refractivity (Wildman–Crippen MR) is 71.5 cm³/mol. The van der Waals surface area contributed by atoms with Crippen LogP contribution in [0.4, 0.5) is 0 Å². The molecule has 2 aliphatic rings. The molecule has 0 spiro atoms. The van der Waals surface area contributed by atoms with E-state index in [-0.39, 0.29) is 31.0 Å². The Balaban J connectivity index is 1.81. The minimum atomic E-state index is -0.188. The van der Waals surface area contributed by atoms with E-state index in [1.807, 2.05) is 0 Å². The first kappa shape index (κ1) is 14.3. The molecule has 1 unspecified atom stereocenters. The molecule has 2 heterocycles. The number of carbonyl (C=O) groups is 2. The predicted octanol–water partition coefficient (Wildman–Crippen LogP) is 0.762. The lowest BCUT2D eigenvalue weighted by Crippen LogP contribution is -2.61. The highest BCUT2D eigenvalue weighted by Gasteiger charge is 2.39. The third kappa shape index (κ3) is 3.47. The highest BCUT2D eigenvalue weighted by molar-refractivity contribution is 5.95. The smallest absolute Gasteiger partial charge is 0.245 e. The summed E-state index contributed by atoms with van der Waals surface area (Å²) in [6, 6.07) is -0.188. The number of piperidine rings is 1. The van der Waals surface area contributed by atoms with Gasteiger partial charge in [-0.3, -0.25) is 9.59 Å². The summed E-state index contributed by atoms with van der Waals surface area (Å²) in [6.45, 7) is 1.92. The molecule has 2 saturated heterocycles. The van der Waals surface area contributed by atoms with Gasteiger partial charge in [-0.05, 0) is 32.1 Å². The van der Waals surface area contributed by atoms with Gasteiger partial charge in [-0.15, -0.1) is 0 Å². The van der Waals surface area contributed by atoms with Crippen molar-refractivity contribution in [3.8, 4) is 0 Å². The van der Waals surface area contributed by atoms with Crippen molar-refractivity contribution in [2.45, 2.75) is 51.0 Å². The maximum absolute atomic E-state index is 12.3. The topological polar surface area (TPSA) is 60.9 Å². The minimum absolute atomic E-state index is 0.111. The quantitative estimate of drug-likeness (QED) is 0.724. The van der Waals surface area contributed by atoms with Crippen molar-refractivity contribution >= 4 is 11.8 Å². The number of aliphatic hydroxyl groups excluding tert-OH is 1. The lowest BCUT2D eigenvalue weighted by molar-refractivity contribution is -0.157. The lowest BCUT2D eigenvalue weighted by atomic mass is 9.98. The van der Waals surface area contributed by atoms with Crippen LogP contribution >= 0.6 is 0 Å². The molecule has 5 nitrogen and oxygen atoms in total. The van der Waals surface area contributed by atoms with Crippen LogP contribution in [0.2, 0.25) is 0 Å². The molecule has 19 heavy (non-hydrogen) atoms. The summed E-state index contributed by atoms with van der Waals surface area (Å²) in [7, 11) is 0. The fourth-order valence-corrected chi connectivity index (χ4v) is 2.99. The molecule has 108 valence electrons. The van der Waals surface area contributed by atoms with Crippen molar-refractivity contribution < 1.29 is 14.7 Å².